The lowest BCUT2D eigenvalue weighted by Gasteiger charge is -2.36. The van der Waals surface area contributed by atoms with E-state index in [4.69, 9.17) is 12.2 Å². The summed E-state index contributed by atoms with van der Waals surface area (Å²) >= 11 is 5.35. The predicted molar refractivity (Wildman–Crippen MR) is 75.9 cm³/mol. The van der Waals surface area contributed by atoms with Crippen molar-refractivity contribution in [1.82, 2.24) is 15.2 Å². The van der Waals surface area contributed by atoms with Crippen molar-refractivity contribution in [1.29, 1.82) is 0 Å². The van der Waals surface area contributed by atoms with Crippen LogP contribution < -0.4 is 10.2 Å². The Balaban J connectivity index is 1.93. The van der Waals surface area contributed by atoms with Crippen LogP contribution in [0, 0.1) is 5.92 Å². The summed E-state index contributed by atoms with van der Waals surface area (Å²) in [5.41, 5.74) is 1.27. The highest BCUT2D eigenvalue weighted by molar-refractivity contribution is 7.80. The van der Waals surface area contributed by atoms with E-state index in [1.165, 1.54) is 10.5 Å². The molecule has 1 fully saturated rings. The first kappa shape index (κ1) is 13.2. The molecule has 18 heavy (non-hydrogen) atoms. The first-order chi connectivity index (χ1) is 8.65. The van der Waals surface area contributed by atoms with Crippen LogP contribution in [0.3, 0.4) is 0 Å². The van der Waals surface area contributed by atoms with Crippen LogP contribution in [0.25, 0.3) is 0 Å². The number of quaternary nitrogens is 1. The Morgan fingerprint density at radius 2 is 2.39 bits per heavy atom. The zero-order chi connectivity index (χ0) is 13.0. The molecule has 1 unspecified atom stereocenters. The Morgan fingerprint density at radius 3 is 3.06 bits per heavy atom. The zero-order valence-electron chi connectivity index (χ0n) is 11.0. The van der Waals surface area contributed by atoms with Gasteiger partial charge in [0.05, 0.1) is 0 Å². The van der Waals surface area contributed by atoms with Crippen molar-refractivity contribution in [2.24, 2.45) is 5.92 Å². The SMILES string of the molecule is CC(C)CN1C[NH+](Cc2cccnc2)CNC1=S. The second-order valence-electron chi connectivity index (χ2n) is 5.22. The summed E-state index contributed by atoms with van der Waals surface area (Å²) in [7, 11) is 0. The molecule has 1 atom stereocenters. The fourth-order valence-electron chi connectivity index (χ4n) is 2.21. The van der Waals surface area contributed by atoms with Gasteiger partial charge in [-0.25, -0.2) is 0 Å². The zero-order valence-corrected chi connectivity index (χ0v) is 11.8. The van der Waals surface area contributed by atoms with Crippen LogP contribution in [0.4, 0.5) is 0 Å². The van der Waals surface area contributed by atoms with Crippen molar-refractivity contribution in [3.05, 3.63) is 30.1 Å². The Bertz CT molecular complexity index is 393. The van der Waals surface area contributed by atoms with Gasteiger partial charge in [-0.15, -0.1) is 0 Å². The van der Waals surface area contributed by atoms with Crippen LogP contribution in [-0.4, -0.2) is 34.9 Å². The Labute approximate surface area is 114 Å². The topological polar surface area (TPSA) is 32.6 Å². The summed E-state index contributed by atoms with van der Waals surface area (Å²) in [6, 6.07) is 4.11. The average molecular weight is 265 g/mol. The molecule has 1 aromatic heterocycles. The molecule has 2 rings (SSSR count). The molecule has 0 amide bonds. The van der Waals surface area contributed by atoms with Crippen molar-refractivity contribution in [2.75, 3.05) is 19.9 Å². The molecular formula is C13H21N4S+. The smallest absolute Gasteiger partial charge is 0.177 e. The van der Waals surface area contributed by atoms with Crippen LogP contribution in [0.5, 0.6) is 0 Å². The Kier molecular flexibility index (Phi) is 4.49. The third-order valence-corrected chi connectivity index (χ3v) is 3.36. The Hall–Kier alpha value is -1.20. The molecule has 0 aromatic carbocycles. The van der Waals surface area contributed by atoms with E-state index in [1.54, 1.807) is 0 Å². The van der Waals surface area contributed by atoms with Crippen molar-refractivity contribution >= 4 is 17.3 Å². The molecule has 2 N–H and O–H groups in total. The molecule has 1 saturated heterocycles. The molecule has 1 aromatic rings. The van der Waals surface area contributed by atoms with Crippen molar-refractivity contribution in [2.45, 2.75) is 20.4 Å². The van der Waals surface area contributed by atoms with E-state index in [0.29, 0.717) is 5.92 Å². The molecule has 5 heteroatoms. The number of rotatable bonds is 4. The fourth-order valence-corrected chi connectivity index (χ4v) is 2.42. The second kappa shape index (κ2) is 6.11. The van der Waals surface area contributed by atoms with Gasteiger partial charge in [0.2, 0.25) is 0 Å². The molecule has 0 radical (unpaired) electrons. The summed E-state index contributed by atoms with van der Waals surface area (Å²) in [6.07, 6.45) is 3.75. The van der Waals surface area contributed by atoms with E-state index >= 15 is 0 Å². The van der Waals surface area contributed by atoms with Gasteiger partial charge in [-0.2, -0.15) is 0 Å². The predicted octanol–water partition coefficient (Wildman–Crippen LogP) is 0.228. The maximum atomic E-state index is 5.35. The second-order valence-corrected chi connectivity index (χ2v) is 5.61. The number of thiocarbonyl (C=S) groups is 1. The van der Waals surface area contributed by atoms with Crippen LogP contribution in [0.1, 0.15) is 19.4 Å². The molecule has 1 aliphatic heterocycles. The lowest BCUT2D eigenvalue weighted by atomic mass is 10.2. The summed E-state index contributed by atoms with van der Waals surface area (Å²) in [5.74, 6) is 0.627. The standard InChI is InChI=1S/C13H20N4S/c1-11(2)7-17-10-16(9-15-13(17)18)8-12-4-3-5-14-6-12/h3-6,11H,7-10H2,1-2H3,(H,15,18)/p+1. The summed E-state index contributed by atoms with van der Waals surface area (Å²) in [6.45, 7) is 8.30. The number of nitrogens with one attached hydrogen (secondary N) is 2. The monoisotopic (exact) mass is 265 g/mol. The molecule has 1 aliphatic rings. The molecule has 0 saturated carbocycles. The highest BCUT2D eigenvalue weighted by atomic mass is 32.1. The minimum Gasteiger partial charge on any atom is -0.316 e. The fraction of sp³-hybridized carbons (Fsp3) is 0.538. The van der Waals surface area contributed by atoms with E-state index in [-0.39, 0.29) is 0 Å². The maximum Gasteiger partial charge on any atom is 0.177 e. The van der Waals surface area contributed by atoms with Crippen molar-refractivity contribution in [3.8, 4) is 0 Å². The lowest BCUT2D eigenvalue weighted by molar-refractivity contribution is -0.927. The van der Waals surface area contributed by atoms with Crippen molar-refractivity contribution in [3.63, 3.8) is 0 Å². The molecule has 2 heterocycles. The summed E-state index contributed by atoms with van der Waals surface area (Å²) < 4.78 is 0. The third kappa shape index (κ3) is 3.65. The number of hydrogen-bond donors (Lipinski definition) is 2. The quantitative estimate of drug-likeness (QED) is 0.764. The van der Waals surface area contributed by atoms with Gasteiger partial charge in [0.25, 0.3) is 0 Å². The van der Waals surface area contributed by atoms with Gasteiger partial charge >= 0.3 is 0 Å². The first-order valence-corrected chi connectivity index (χ1v) is 6.81. The highest BCUT2D eigenvalue weighted by Gasteiger charge is 2.23. The molecule has 0 bridgehead atoms. The number of aromatic nitrogens is 1. The van der Waals surface area contributed by atoms with Crippen LogP contribution in [-0.2, 0) is 6.54 Å². The minimum atomic E-state index is 0.627. The van der Waals surface area contributed by atoms with Gasteiger partial charge in [0.1, 0.15) is 6.54 Å². The minimum absolute atomic E-state index is 0.627. The summed E-state index contributed by atoms with van der Waals surface area (Å²) in [4.78, 5) is 7.89. The van der Waals surface area contributed by atoms with Gasteiger partial charge in [0.15, 0.2) is 18.4 Å². The highest BCUT2D eigenvalue weighted by Crippen LogP contribution is 1.99. The van der Waals surface area contributed by atoms with Crippen LogP contribution >= 0.6 is 12.2 Å². The number of hydrogen-bond acceptors (Lipinski definition) is 2. The lowest BCUT2D eigenvalue weighted by Crippen LogP contribution is -3.16. The van der Waals surface area contributed by atoms with Crippen molar-refractivity contribution < 1.29 is 4.90 Å². The van der Waals surface area contributed by atoms with Crippen LogP contribution in [0.15, 0.2) is 24.5 Å². The third-order valence-electron chi connectivity index (χ3n) is 2.95. The normalized spacial score (nSPS) is 20.1. The van der Waals surface area contributed by atoms with E-state index in [0.717, 1.165) is 31.5 Å². The molecular weight excluding hydrogens is 244 g/mol. The van der Waals surface area contributed by atoms with Gasteiger partial charge in [-0.3, -0.25) is 9.88 Å². The van der Waals surface area contributed by atoms with Gasteiger partial charge < -0.3 is 10.2 Å². The molecule has 98 valence electrons. The van der Waals surface area contributed by atoms with E-state index < -0.39 is 0 Å². The van der Waals surface area contributed by atoms with E-state index in [2.05, 4.69) is 35.1 Å². The maximum absolute atomic E-state index is 5.35. The number of nitrogens with zero attached hydrogens (tertiary/aromatic N) is 2. The molecule has 4 nitrogen and oxygen atoms in total. The molecule has 0 spiro atoms. The van der Waals surface area contributed by atoms with Gasteiger partial charge in [-0.05, 0) is 24.2 Å². The van der Waals surface area contributed by atoms with E-state index in [1.807, 2.05) is 18.5 Å². The largest absolute Gasteiger partial charge is 0.316 e. The molecule has 0 aliphatic carbocycles. The van der Waals surface area contributed by atoms with E-state index in [9.17, 15) is 0 Å². The first-order valence-electron chi connectivity index (χ1n) is 6.40. The Morgan fingerprint density at radius 1 is 1.56 bits per heavy atom. The van der Waals surface area contributed by atoms with Gasteiger partial charge in [0, 0.05) is 24.5 Å². The van der Waals surface area contributed by atoms with Gasteiger partial charge in [-0.1, -0.05) is 19.9 Å². The average Bonchev–Trinajstić information content (AvgIpc) is 2.34. The summed E-state index contributed by atoms with van der Waals surface area (Å²) in [5, 5.41) is 4.20. The number of pyridine rings is 1. The van der Waals surface area contributed by atoms with Crippen LogP contribution in [0.2, 0.25) is 0 Å².